The van der Waals surface area contributed by atoms with Gasteiger partial charge in [-0.1, -0.05) is 0 Å². The lowest BCUT2D eigenvalue weighted by molar-refractivity contribution is 0.0520. The van der Waals surface area contributed by atoms with Gasteiger partial charge in [0.2, 0.25) is 0 Å². The molecule has 0 aliphatic carbocycles. The Hall–Kier alpha value is -1.47. The maximum Gasteiger partial charge on any atom is 0.357 e. The molecule has 0 aliphatic rings. The molecule has 1 N–H and O–H groups in total. The Balaban J connectivity index is 1.92. The molecule has 2 rings (SSSR count). The van der Waals surface area contributed by atoms with Crippen LogP contribution in [0.4, 0.5) is 5.13 Å². The van der Waals surface area contributed by atoms with Crippen molar-refractivity contribution in [1.29, 1.82) is 0 Å². The zero-order valence-electron chi connectivity index (χ0n) is 9.17. The van der Waals surface area contributed by atoms with Crippen LogP contribution in [0.15, 0.2) is 17.0 Å². The minimum atomic E-state index is -0.383. The summed E-state index contributed by atoms with van der Waals surface area (Å²) >= 11 is 2.95. The topological polar surface area (TPSA) is 64.1 Å². The van der Waals surface area contributed by atoms with Crippen LogP contribution in [-0.4, -0.2) is 22.5 Å². The lowest BCUT2D eigenvalue weighted by Gasteiger charge is -1.98. The molecule has 7 heteroatoms. The molecule has 5 nitrogen and oxygen atoms in total. The highest BCUT2D eigenvalue weighted by molar-refractivity contribution is 7.14. The van der Waals surface area contributed by atoms with Gasteiger partial charge < -0.3 is 10.1 Å². The first-order valence-electron chi connectivity index (χ1n) is 5.04. The van der Waals surface area contributed by atoms with Crippen molar-refractivity contribution in [2.75, 3.05) is 11.9 Å². The normalized spacial score (nSPS) is 10.2. The van der Waals surface area contributed by atoms with Gasteiger partial charge in [-0.15, -0.1) is 22.7 Å². The Morgan fingerprint density at radius 3 is 3.12 bits per heavy atom. The van der Waals surface area contributed by atoms with Crippen molar-refractivity contribution in [3.05, 3.63) is 27.7 Å². The molecule has 0 bridgehead atoms. The molecule has 17 heavy (non-hydrogen) atoms. The zero-order chi connectivity index (χ0) is 12.1. The average Bonchev–Trinajstić information content (AvgIpc) is 2.98. The molecular formula is C10H11N3O2S2. The van der Waals surface area contributed by atoms with Gasteiger partial charge in [0.15, 0.2) is 10.8 Å². The van der Waals surface area contributed by atoms with Gasteiger partial charge in [0.05, 0.1) is 13.2 Å². The maximum atomic E-state index is 11.4. The minimum Gasteiger partial charge on any atom is -0.461 e. The summed E-state index contributed by atoms with van der Waals surface area (Å²) < 4.78 is 4.86. The van der Waals surface area contributed by atoms with Crippen LogP contribution in [0.1, 0.15) is 22.4 Å². The molecule has 0 unspecified atom stereocenters. The van der Waals surface area contributed by atoms with Crippen LogP contribution in [0.2, 0.25) is 0 Å². The molecule has 0 spiro atoms. The van der Waals surface area contributed by atoms with Crippen LogP contribution in [-0.2, 0) is 11.3 Å². The van der Waals surface area contributed by atoms with E-state index in [0.29, 0.717) is 24.0 Å². The van der Waals surface area contributed by atoms with Crippen molar-refractivity contribution in [3.63, 3.8) is 0 Å². The lowest BCUT2D eigenvalue weighted by atomic mass is 10.5. The van der Waals surface area contributed by atoms with Gasteiger partial charge in [0, 0.05) is 17.0 Å². The number of nitrogens with zero attached hydrogens (tertiary/aromatic N) is 2. The molecule has 0 radical (unpaired) electrons. The summed E-state index contributed by atoms with van der Waals surface area (Å²) in [7, 11) is 0. The summed E-state index contributed by atoms with van der Waals surface area (Å²) in [6, 6.07) is 0. The molecule has 2 heterocycles. The van der Waals surface area contributed by atoms with E-state index in [-0.39, 0.29) is 5.97 Å². The fourth-order valence-electron chi connectivity index (χ4n) is 1.15. The van der Waals surface area contributed by atoms with Crippen LogP contribution < -0.4 is 5.32 Å². The van der Waals surface area contributed by atoms with Crippen LogP contribution in [0.25, 0.3) is 0 Å². The van der Waals surface area contributed by atoms with Gasteiger partial charge >= 0.3 is 5.97 Å². The molecule has 0 amide bonds. The van der Waals surface area contributed by atoms with Gasteiger partial charge in [-0.3, -0.25) is 0 Å². The van der Waals surface area contributed by atoms with E-state index in [4.69, 9.17) is 4.74 Å². The molecule has 2 aromatic rings. The van der Waals surface area contributed by atoms with Crippen LogP contribution in [0.5, 0.6) is 0 Å². The average molecular weight is 269 g/mol. The molecule has 0 aromatic carbocycles. The number of anilines is 1. The Labute approximate surface area is 106 Å². The van der Waals surface area contributed by atoms with Crippen molar-refractivity contribution in [2.24, 2.45) is 0 Å². The summed E-state index contributed by atoms with van der Waals surface area (Å²) in [5.41, 5.74) is 0.346. The first kappa shape index (κ1) is 12.0. The van der Waals surface area contributed by atoms with Crippen molar-refractivity contribution >= 4 is 33.8 Å². The van der Waals surface area contributed by atoms with Crippen molar-refractivity contribution in [2.45, 2.75) is 13.5 Å². The van der Waals surface area contributed by atoms with E-state index in [9.17, 15) is 4.79 Å². The third-order valence-electron chi connectivity index (χ3n) is 1.86. The SMILES string of the molecule is CCOC(=O)c1csc(NCc2nccs2)n1. The highest BCUT2D eigenvalue weighted by Gasteiger charge is 2.11. The number of rotatable bonds is 5. The van der Waals surface area contributed by atoms with E-state index < -0.39 is 0 Å². The molecule has 2 aromatic heterocycles. The van der Waals surface area contributed by atoms with Crippen LogP contribution in [0, 0.1) is 0 Å². The molecule has 0 saturated heterocycles. The van der Waals surface area contributed by atoms with Crippen molar-refractivity contribution < 1.29 is 9.53 Å². The third-order valence-corrected chi connectivity index (χ3v) is 3.44. The monoisotopic (exact) mass is 269 g/mol. The second-order valence-corrected chi connectivity index (χ2v) is 4.87. The van der Waals surface area contributed by atoms with Crippen molar-refractivity contribution in [3.8, 4) is 0 Å². The number of carbonyl (C=O) groups excluding carboxylic acids is 1. The van der Waals surface area contributed by atoms with Crippen LogP contribution >= 0.6 is 22.7 Å². The van der Waals surface area contributed by atoms with Crippen molar-refractivity contribution in [1.82, 2.24) is 9.97 Å². The highest BCUT2D eigenvalue weighted by atomic mass is 32.1. The Morgan fingerprint density at radius 1 is 1.53 bits per heavy atom. The highest BCUT2D eigenvalue weighted by Crippen LogP contribution is 2.17. The van der Waals surface area contributed by atoms with Gasteiger partial charge in [0.25, 0.3) is 0 Å². The van der Waals surface area contributed by atoms with Gasteiger partial charge in [-0.2, -0.15) is 0 Å². The smallest absolute Gasteiger partial charge is 0.357 e. The predicted octanol–water partition coefficient (Wildman–Crippen LogP) is 2.39. The number of nitrogens with one attached hydrogen (secondary N) is 1. The number of carbonyl (C=O) groups is 1. The number of esters is 1. The van der Waals surface area contributed by atoms with Gasteiger partial charge in [-0.05, 0) is 6.92 Å². The van der Waals surface area contributed by atoms with E-state index in [2.05, 4.69) is 15.3 Å². The number of hydrogen-bond donors (Lipinski definition) is 1. The number of ether oxygens (including phenoxy) is 1. The van der Waals surface area contributed by atoms with Gasteiger partial charge in [0.1, 0.15) is 5.01 Å². The summed E-state index contributed by atoms with van der Waals surface area (Å²) in [5, 5.41) is 8.40. The summed E-state index contributed by atoms with van der Waals surface area (Å²) in [6.07, 6.45) is 1.76. The zero-order valence-corrected chi connectivity index (χ0v) is 10.8. The Morgan fingerprint density at radius 2 is 2.41 bits per heavy atom. The fourth-order valence-corrected chi connectivity index (χ4v) is 2.38. The van der Waals surface area contributed by atoms with E-state index >= 15 is 0 Å². The summed E-state index contributed by atoms with van der Waals surface area (Å²) in [4.78, 5) is 19.7. The fraction of sp³-hybridized carbons (Fsp3) is 0.300. The van der Waals surface area contributed by atoms with E-state index in [1.54, 1.807) is 29.8 Å². The quantitative estimate of drug-likeness (QED) is 0.844. The Kier molecular flexibility index (Phi) is 4.05. The second-order valence-electron chi connectivity index (χ2n) is 3.04. The molecule has 0 atom stereocenters. The summed E-state index contributed by atoms with van der Waals surface area (Å²) in [6.45, 7) is 2.75. The van der Waals surface area contributed by atoms with E-state index in [1.165, 1.54) is 11.3 Å². The number of thiazole rings is 2. The third kappa shape index (κ3) is 3.24. The molecule has 0 saturated carbocycles. The maximum absolute atomic E-state index is 11.4. The standard InChI is InChI=1S/C10H11N3O2S2/c1-2-15-9(14)7-6-17-10(13-7)12-5-8-11-3-4-16-8/h3-4,6H,2,5H2,1H3,(H,12,13). The predicted molar refractivity (Wildman–Crippen MR) is 67.5 cm³/mol. The first-order chi connectivity index (χ1) is 8.29. The molecule has 90 valence electrons. The molecule has 0 fully saturated rings. The molecule has 0 aliphatic heterocycles. The lowest BCUT2D eigenvalue weighted by Crippen LogP contribution is -2.05. The summed E-state index contributed by atoms with van der Waals surface area (Å²) in [5.74, 6) is -0.383. The molecular weight excluding hydrogens is 258 g/mol. The largest absolute Gasteiger partial charge is 0.461 e. The second kappa shape index (κ2) is 5.74. The minimum absolute atomic E-state index is 0.346. The number of aromatic nitrogens is 2. The number of hydrogen-bond acceptors (Lipinski definition) is 7. The van der Waals surface area contributed by atoms with Gasteiger partial charge in [-0.25, -0.2) is 14.8 Å². The van der Waals surface area contributed by atoms with E-state index in [0.717, 1.165) is 5.01 Å². The Bertz CT molecular complexity index is 481. The van der Waals surface area contributed by atoms with Crippen LogP contribution in [0.3, 0.4) is 0 Å². The van der Waals surface area contributed by atoms with E-state index in [1.807, 2.05) is 5.38 Å². The first-order valence-corrected chi connectivity index (χ1v) is 6.80.